The number of carbonyl (C=O) groups excluding carboxylic acids is 2. The second-order valence-corrected chi connectivity index (χ2v) is 15.1. The molecule has 5 aromatic rings. The SMILES string of the molecule is C=Cc1ccc(/C=C/c2c(C)c3cc4[nH]c(cc5nc(cc6nc(cc2[nH]3)C(C)=C6CCC(=O)OC)C(CCC(=O)OC)=C5C)c(C)c4/C=C/c2ccc(C=C)cc2)cc1. The molecule has 0 aliphatic carbocycles. The summed E-state index contributed by atoms with van der Waals surface area (Å²) in [7, 11) is 2.81. The quantitative estimate of drug-likeness (QED) is 0.122. The van der Waals surface area contributed by atoms with E-state index in [2.05, 4.69) is 128 Å². The number of hydrogen-bond donors (Lipinski definition) is 2. The molecule has 2 aromatic carbocycles. The highest BCUT2D eigenvalue weighted by Gasteiger charge is 2.23. The Morgan fingerprint density at radius 1 is 0.533 bits per heavy atom. The highest BCUT2D eigenvalue weighted by molar-refractivity contribution is 5.98. The molecule has 0 amide bonds. The Morgan fingerprint density at radius 2 is 0.917 bits per heavy atom. The molecule has 8 heteroatoms. The van der Waals surface area contributed by atoms with Crippen molar-refractivity contribution in [3.05, 3.63) is 153 Å². The maximum absolute atomic E-state index is 12.5. The third kappa shape index (κ3) is 8.69. The molecule has 0 fully saturated rings. The van der Waals surface area contributed by atoms with Crippen LogP contribution in [0.5, 0.6) is 0 Å². The first-order valence-electron chi connectivity index (χ1n) is 20.1. The van der Waals surface area contributed by atoms with Gasteiger partial charge in [-0.15, -0.1) is 0 Å². The van der Waals surface area contributed by atoms with Gasteiger partial charge in [-0.1, -0.05) is 98.1 Å². The maximum Gasteiger partial charge on any atom is 0.305 e. The van der Waals surface area contributed by atoms with Gasteiger partial charge in [0.25, 0.3) is 0 Å². The van der Waals surface area contributed by atoms with E-state index in [-0.39, 0.29) is 24.8 Å². The van der Waals surface area contributed by atoms with Crippen molar-refractivity contribution in [2.75, 3.05) is 14.2 Å². The number of benzene rings is 2. The Bertz CT molecular complexity index is 2830. The molecule has 8 nitrogen and oxygen atoms in total. The van der Waals surface area contributed by atoms with Crippen molar-refractivity contribution >= 4 is 92.8 Å². The van der Waals surface area contributed by atoms with Crippen LogP contribution >= 0.6 is 0 Å². The zero-order chi connectivity index (χ0) is 42.5. The van der Waals surface area contributed by atoms with Crippen molar-refractivity contribution in [1.82, 2.24) is 19.9 Å². The van der Waals surface area contributed by atoms with Crippen LogP contribution in [0.4, 0.5) is 0 Å². The second-order valence-electron chi connectivity index (χ2n) is 15.1. The number of nitrogens with one attached hydrogen (secondary N) is 2. The molecular formula is C52H50N4O4. The van der Waals surface area contributed by atoms with E-state index in [1.165, 1.54) is 14.2 Å². The molecule has 2 N–H and O–H groups in total. The van der Waals surface area contributed by atoms with E-state index in [9.17, 15) is 9.59 Å². The standard InChI is InChI=1S/C52H50N4O4/c1-9-35-11-15-37(16-12-35)19-21-39-31(3)43-27-44-33(5)41(23-25-51(57)59-7)49(54-44)30-50-42(24-26-52(58)60-8)34(6)46(56-50)29-48-40(32(4)45(55-48)28-47(39)53-43)22-20-38-17-13-36(10-2)14-18-38/h9-22,27-30,53,55H,1-2,23-26H2,3-8H3/b21-19+,22-20+,43-27?,44-27?,45-28?,46-29?,47-28?,48-29?,49-30?,50-30?. The second kappa shape index (κ2) is 17.8. The first-order valence-corrected chi connectivity index (χ1v) is 20.1. The molecule has 2 aliphatic heterocycles. The van der Waals surface area contributed by atoms with Gasteiger partial charge >= 0.3 is 11.9 Å². The number of carbonyl (C=O) groups is 2. The van der Waals surface area contributed by atoms with Gasteiger partial charge in [-0.05, 0) is 120 Å². The molecule has 60 heavy (non-hydrogen) atoms. The maximum atomic E-state index is 12.5. The molecule has 5 heterocycles. The lowest BCUT2D eigenvalue weighted by Gasteiger charge is -2.06. The molecule has 8 bridgehead atoms. The first-order chi connectivity index (χ1) is 29.0. The number of aromatic nitrogens is 4. The van der Waals surface area contributed by atoms with Crippen molar-refractivity contribution in [2.24, 2.45) is 0 Å². The highest BCUT2D eigenvalue weighted by Crippen LogP contribution is 2.38. The van der Waals surface area contributed by atoms with E-state index < -0.39 is 0 Å². The number of fused-ring (bicyclic) bond motifs is 8. The van der Waals surface area contributed by atoms with Gasteiger partial charge in [-0.2, -0.15) is 0 Å². The minimum Gasteiger partial charge on any atom is -0.469 e. The molecule has 0 unspecified atom stereocenters. The molecule has 302 valence electrons. The third-order valence-electron chi connectivity index (χ3n) is 11.5. The number of esters is 2. The molecule has 3 aromatic heterocycles. The van der Waals surface area contributed by atoms with Crippen LogP contribution in [-0.4, -0.2) is 46.1 Å². The lowest BCUT2D eigenvalue weighted by molar-refractivity contribution is -0.141. The normalized spacial score (nSPS) is 12.8. The van der Waals surface area contributed by atoms with Gasteiger partial charge in [0.2, 0.25) is 0 Å². The largest absolute Gasteiger partial charge is 0.469 e. The van der Waals surface area contributed by atoms with Crippen LogP contribution < -0.4 is 0 Å². The topological polar surface area (TPSA) is 110 Å². The number of rotatable bonds is 12. The Balaban J connectivity index is 1.53. The zero-order valence-corrected chi connectivity index (χ0v) is 35.2. The molecule has 0 atom stereocenters. The van der Waals surface area contributed by atoms with Gasteiger partial charge in [-0.25, -0.2) is 9.97 Å². The average molecular weight is 795 g/mol. The lowest BCUT2D eigenvalue weighted by Crippen LogP contribution is -2.01. The number of allylic oxidation sites excluding steroid dienone is 4. The molecule has 0 spiro atoms. The van der Waals surface area contributed by atoms with E-state index in [4.69, 9.17) is 19.4 Å². The fourth-order valence-electron chi connectivity index (χ4n) is 7.71. The Kier molecular flexibility index (Phi) is 12.2. The summed E-state index contributed by atoms with van der Waals surface area (Å²) in [5.41, 5.74) is 19.0. The summed E-state index contributed by atoms with van der Waals surface area (Å²) in [4.78, 5) is 42.8. The van der Waals surface area contributed by atoms with Crippen LogP contribution in [0.3, 0.4) is 0 Å². The molecule has 0 saturated carbocycles. The summed E-state index contributed by atoms with van der Waals surface area (Å²) in [6, 6.07) is 24.9. The van der Waals surface area contributed by atoms with Crippen molar-refractivity contribution in [2.45, 2.75) is 53.4 Å². The number of aromatic amines is 2. The number of aryl methyl sites for hydroxylation is 2. The van der Waals surface area contributed by atoms with Crippen LogP contribution in [0.2, 0.25) is 0 Å². The van der Waals surface area contributed by atoms with Gasteiger partial charge in [0.1, 0.15) is 0 Å². The number of nitrogens with zero attached hydrogens (tertiary/aromatic N) is 2. The van der Waals surface area contributed by atoms with E-state index in [0.29, 0.717) is 12.8 Å². The summed E-state index contributed by atoms with van der Waals surface area (Å²) in [5, 5.41) is 0. The Hall–Kier alpha value is -7.06. The summed E-state index contributed by atoms with van der Waals surface area (Å²) in [6.45, 7) is 16.1. The van der Waals surface area contributed by atoms with Crippen LogP contribution in [0.25, 0.3) is 80.8 Å². The predicted molar refractivity (Wildman–Crippen MR) is 249 cm³/mol. The minimum absolute atomic E-state index is 0.204. The number of methoxy groups -OCH3 is 2. The van der Waals surface area contributed by atoms with Crippen molar-refractivity contribution in [3.8, 4) is 0 Å². The van der Waals surface area contributed by atoms with Gasteiger partial charge in [0.15, 0.2) is 0 Å². The van der Waals surface area contributed by atoms with Gasteiger partial charge < -0.3 is 19.4 Å². The molecule has 0 radical (unpaired) electrons. The zero-order valence-electron chi connectivity index (χ0n) is 35.2. The van der Waals surface area contributed by atoms with Gasteiger partial charge in [0.05, 0.1) is 37.0 Å². The third-order valence-corrected chi connectivity index (χ3v) is 11.5. The van der Waals surface area contributed by atoms with E-state index in [1.54, 1.807) is 0 Å². The average Bonchev–Trinajstić information content (AvgIpc) is 3.93. The fourth-order valence-corrected chi connectivity index (χ4v) is 7.71. The molecule has 0 saturated heterocycles. The summed E-state index contributed by atoms with van der Waals surface area (Å²) >= 11 is 0. The molecular weight excluding hydrogens is 745 g/mol. The van der Waals surface area contributed by atoms with Gasteiger partial charge in [0, 0.05) is 46.0 Å². The lowest BCUT2D eigenvalue weighted by atomic mass is 9.98. The first kappa shape index (κ1) is 41.1. The number of hydrogen-bond acceptors (Lipinski definition) is 6. The Morgan fingerprint density at radius 3 is 1.33 bits per heavy atom. The summed E-state index contributed by atoms with van der Waals surface area (Å²) < 4.78 is 10.1. The van der Waals surface area contributed by atoms with E-state index >= 15 is 0 Å². The van der Waals surface area contributed by atoms with E-state index in [0.717, 1.165) is 112 Å². The van der Waals surface area contributed by atoms with Crippen molar-refractivity contribution in [1.29, 1.82) is 0 Å². The van der Waals surface area contributed by atoms with Crippen LogP contribution in [-0.2, 0) is 19.1 Å². The van der Waals surface area contributed by atoms with Crippen molar-refractivity contribution in [3.63, 3.8) is 0 Å². The summed E-state index contributed by atoms with van der Waals surface area (Å²) in [5.74, 6) is -0.587. The van der Waals surface area contributed by atoms with Gasteiger partial charge in [-0.3, -0.25) is 9.59 Å². The smallest absolute Gasteiger partial charge is 0.305 e. The monoisotopic (exact) mass is 794 g/mol. The van der Waals surface area contributed by atoms with Crippen LogP contribution in [0.1, 0.15) is 107 Å². The van der Waals surface area contributed by atoms with Crippen molar-refractivity contribution < 1.29 is 19.1 Å². The summed E-state index contributed by atoms with van der Waals surface area (Å²) in [6.07, 6.45) is 13.5. The Labute approximate surface area is 351 Å². The van der Waals surface area contributed by atoms with Crippen LogP contribution in [0, 0.1) is 13.8 Å². The predicted octanol–water partition coefficient (Wildman–Crippen LogP) is 12.3. The number of H-pyrrole nitrogens is 2. The molecule has 7 rings (SSSR count). The number of ether oxygens (including phenoxy) is 2. The minimum atomic E-state index is -0.294. The fraction of sp³-hybridized carbons (Fsp3) is 0.192. The highest BCUT2D eigenvalue weighted by atomic mass is 16.5. The molecule has 2 aliphatic rings. The van der Waals surface area contributed by atoms with E-state index in [1.807, 2.05) is 32.1 Å². The van der Waals surface area contributed by atoms with Crippen LogP contribution in [0.15, 0.2) is 86.0 Å².